The fourth-order valence-electron chi connectivity index (χ4n) is 2.66. The highest BCUT2D eigenvalue weighted by molar-refractivity contribution is 5.83. The summed E-state index contributed by atoms with van der Waals surface area (Å²) in [5, 5.41) is 4.19. The van der Waals surface area contributed by atoms with Gasteiger partial charge >= 0.3 is 0 Å². The Morgan fingerprint density at radius 1 is 1.17 bits per heavy atom. The smallest absolute Gasteiger partial charge is 0.224 e. The molecule has 3 rings (SSSR count). The molecule has 0 fully saturated rings. The Labute approximate surface area is 135 Å². The molecule has 4 nitrogen and oxygen atoms in total. The zero-order chi connectivity index (χ0) is 16.2. The quantitative estimate of drug-likeness (QED) is 0.756. The van der Waals surface area contributed by atoms with Gasteiger partial charge in [-0.15, -0.1) is 0 Å². The molecule has 0 saturated heterocycles. The van der Waals surface area contributed by atoms with Crippen LogP contribution in [0.3, 0.4) is 0 Å². The highest BCUT2D eigenvalue weighted by Gasteiger charge is 2.10. The van der Waals surface area contributed by atoms with Crippen molar-refractivity contribution < 1.29 is 9.53 Å². The second-order valence-corrected chi connectivity index (χ2v) is 5.64. The Kier molecular flexibility index (Phi) is 4.33. The number of ether oxygens (including phenoxy) is 1. The van der Waals surface area contributed by atoms with Gasteiger partial charge in [0.05, 0.1) is 19.6 Å². The van der Waals surface area contributed by atoms with Crippen LogP contribution in [0.2, 0.25) is 0 Å². The first-order valence-electron chi connectivity index (χ1n) is 7.65. The lowest BCUT2D eigenvalue weighted by Crippen LogP contribution is -2.28. The largest absolute Gasteiger partial charge is 0.497 e. The summed E-state index contributed by atoms with van der Waals surface area (Å²) in [6, 6.07) is 15.8. The van der Waals surface area contributed by atoms with Crippen molar-refractivity contribution in [1.29, 1.82) is 0 Å². The monoisotopic (exact) mass is 308 g/mol. The molecular weight excluding hydrogens is 288 g/mol. The normalized spacial score (nSPS) is 12.1. The molecule has 1 heterocycles. The Morgan fingerprint density at radius 2 is 1.96 bits per heavy atom. The zero-order valence-corrected chi connectivity index (χ0v) is 13.3. The summed E-state index contributed by atoms with van der Waals surface area (Å²) in [5.41, 5.74) is 3.11. The lowest BCUT2D eigenvalue weighted by Gasteiger charge is -2.15. The summed E-state index contributed by atoms with van der Waals surface area (Å²) in [5.74, 6) is 0.825. The van der Waals surface area contributed by atoms with Gasteiger partial charge in [0.2, 0.25) is 5.91 Å². The molecule has 0 aliphatic carbocycles. The average molecular weight is 308 g/mol. The predicted octanol–water partition coefficient (Wildman–Crippen LogP) is 3.60. The van der Waals surface area contributed by atoms with Crippen molar-refractivity contribution in [1.82, 2.24) is 10.3 Å². The van der Waals surface area contributed by atoms with Crippen molar-refractivity contribution in [3.8, 4) is 5.75 Å². The van der Waals surface area contributed by atoms with E-state index >= 15 is 0 Å². The Morgan fingerprint density at radius 3 is 2.70 bits per heavy atom. The van der Waals surface area contributed by atoms with Crippen LogP contribution in [-0.2, 0) is 11.2 Å². The number of methoxy groups -OCH3 is 1. The maximum Gasteiger partial charge on any atom is 0.224 e. The lowest BCUT2D eigenvalue weighted by atomic mass is 10.1. The molecule has 1 unspecified atom stereocenters. The molecule has 0 bridgehead atoms. The van der Waals surface area contributed by atoms with E-state index in [9.17, 15) is 4.79 Å². The Hall–Kier alpha value is -2.75. The predicted molar refractivity (Wildman–Crippen MR) is 91.6 cm³/mol. The maximum absolute atomic E-state index is 12.2. The number of rotatable bonds is 5. The van der Waals surface area contributed by atoms with Crippen molar-refractivity contribution in [3.63, 3.8) is 0 Å². The standard InChI is InChI=1S/C19H20N2O2/c1-13(15-5-7-17(23-2)8-6-15)21-19(22)12-14-3-4-16-9-10-20-18(16)11-14/h3-11,13,20H,12H2,1-2H3,(H,21,22). The molecule has 1 atom stereocenters. The first-order valence-corrected chi connectivity index (χ1v) is 7.65. The van der Waals surface area contributed by atoms with Crippen molar-refractivity contribution in [2.75, 3.05) is 7.11 Å². The molecule has 1 amide bonds. The molecule has 3 aromatic rings. The van der Waals surface area contributed by atoms with Gasteiger partial charge in [-0.25, -0.2) is 0 Å². The summed E-state index contributed by atoms with van der Waals surface area (Å²) < 4.78 is 5.15. The van der Waals surface area contributed by atoms with Gasteiger partial charge in [0.15, 0.2) is 0 Å². The highest BCUT2D eigenvalue weighted by atomic mass is 16.5. The Bertz CT molecular complexity index is 806. The van der Waals surface area contributed by atoms with E-state index in [1.165, 1.54) is 0 Å². The van der Waals surface area contributed by atoms with E-state index in [4.69, 9.17) is 4.74 Å². The first kappa shape index (κ1) is 15.2. The van der Waals surface area contributed by atoms with E-state index < -0.39 is 0 Å². The third-order valence-corrected chi connectivity index (χ3v) is 3.98. The molecule has 1 aromatic heterocycles. The molecule has 4 heteroatoms. The van der Waals surface area contributed by atoms with E-state index in [1.54, 1.807) is 7.11 Å². The first-order chi connectivity index (χ1) is 11.2. The average Bonchev–Trinajstić information content (AvgIpc) is 3.02. The minimum Gasteiger partial charge on any atom is -0.497 e. The van der Waals surface area contributed by atoms with Gasteiger partial charge in [0.25, 0.3) is 0 Å². The van der Waals surface area contributed by atoms with Gasteiger partial charge in [-0.2, -0.15) is 0 Å². The third-order valence-electron chi connectivity index (χ3n) is 3.98. The van der Waals surface area contributed by atoms with Crippen molar-refractivity contribution in [3.05, 3.63) is 65.9 Å². The van der Waals surface area contributed by atoms with Crippen molar-refractivity contribution in [2.24, 2.45) is 0 Å². The van der Waals surface area contributed by atoms with Gasteiger partial charge < -0.3 is 15.0 Å². The number of carbonyl (C=O) groups excluding carboxylic acids is 1. The number of amides is 1. The second-order valence-electron chi connectivity index (χ2n) is 5.64. The molecule has 0 saturated carbocycles. The van der Waals surface area contributed by atoms with Crippen molar-refractivity contribution >= 4 is 16.8 Å². The molecule has 0 radical (unpaired) electrons. The lowest BCUT2D eigenvalue weighted by molar-refractivity contribution is -0.121. The fraction of sp³-hybridized carbons (Fsp3) is 0.211. The Balaban J connectivity index is 1.63. The van der Waals surface area contributed by atoms with Gasteiger partial charge in [0.1, 0.15) is 5.75 Å². The topological polar surface area (TPSA) is 54.1 Å². The van der Waals surface area contributed by atoms with Crippen LogP contribution in [0.5, 0.6) is 5.75 Å². The number of hydrogen-bond donors (Lipinski definition) is 2. The number of aromatic nitrogens is 1. The maximum atomic E-state index is 12.2. The minimum absolute atomic E-state index is 0.0132. The molecule has 2 aromatic carbocycles. The van der Waals surface area contributed by atoms with Gasteiger partial charge in [-0.1, -0.05) is 24.3 Å². The molecule has 118 valence electrons. The number of fused-ring (bicyclic) bond motifs is 1. The van der Waals surface area contributed by atoms with E-state index in [-0.39, 0.29) is 11.9 Å². The highest BCUT2D eigenvalue weighted by Crippen LogP contribution is 2.18. The summed E-state index contributed by atoms with van der Waals surface area (Å²) in [6.45, 7) is 1.98. The summed E-state index contributed by atoms with van der Waals surface area (Å²) in [6.07, 6.45) is 2.27. The number of aromatic amines is 1. The van der Waals surface area contributed by atoms with Crippen LogP contribution in [0.1, 0.15) is 24.1 Å². The SMILES string of the molecule is COc1ccc(C(C)NC(=O)Cc2ccc3cc[nH]c3c2)cc1. The van der Waals surface area contributed by atoms with E-state index in [0.29, 0.717) is 6.42 Å². The molecule has 0 aliphatic heterocycles. The van der Waals surface area contributed by atoms with E-state index in [0.717, 1.165) is 27.8 Å². The summed E-state index contributed by atoms with van der Waals surface area (Å²) >= 11 is 0. The summed E-state index contributed by atoms with van der Waals surface area (Å²) in [7, 11) is 1.64. The number of nitrogens with one attached hydrogen (secondary N) is 2. The summed E-state index contributed by atoms with van der Waals surface area (Å²) in [4.78, 5) is 15.4. The zero-order valence-electron chi connectivity index (χ0n) is 13.3. The number of carbonyl (C=O) groups is 1. The van der Waals surface area contributed by atoms with Gasteiger partial charge in [-0.3, -0.25) is 4.79 Å². The molecule has 0 aliphatic rings. The van der Waals surface area contributed by atoms with Crippen LogP contribution >= 0.6 is 0 Å². The number of H-pyrrole nitrogens is 1. The van der Waals surface area contributed by atoms with Crippen LogP contribution in [-0.4, -0.2) is 18.0 Å². The van der Waals surface area contributed by atoms with Crippen LogP contribution in [0.4, 0.5) is 0 Å². The van der Waals surface area contributed by atoms with Crippen molar-refractivity contribution in [2.45, 2.75) is 19.4 Å². The molecule has 2 N–H and O–H groups in total. The fourth-order valence-corrected chi connectivity index (χ4v) is 2.66. The minimum atomic E-state index is -0.0392. The number of hydrogen-bond acceptors (Lipinski definition) is 2. The van der Waals surface area contributed by atoms with E-state index in [2.05, 4.69) is 10.3 Å². The van der Waals surface area contributed by atoms with Crippen LogP contribution in [0.15, 0.2) is 54.7 Å². The van der Waals surface area contributed by atoms with Gasteiger partial charge in [-0.05, 0) is 47.7 Å². The van der Waals surface area contributed by atoms with Gasteiger partial charge in [0, 0.05) is 11.7 Å². The molecule has 23 heavy (non-hydrogen) atoms. The molecular formula is C19H20N2O2. The second kappa shape index (κ2) is 6.57. The molecule has 0 spiro atoms. The van der Waals surface area contributed by atoms with Crippen LogP contribution in [0.25, 0.3) is 10.9 Å². The number of benzene rings is 2. The third kappa shape index (κ3) is 3.54. The van der Waals surface area contributed by atoms with Crippen LogP contribution in [0, 0.1) is 0 Å². The van der Waals surface area contributed by atoms with Crippen LogP contribution < -0.4 is 10.1 Å². The van der Waals surface area contributed by atoms with E-state index in [1.807, 2.05) is 61.7 Å².